The Morgan fingerprint density at radius 1 is 1.16 bits per heavy atom. The van der Waals surface area contributed by atoms with Crippen molar-refractivity contribution >= 4 is 5.69 Å². The number of fused-ring (bicyclic) bond motifs is 1. The molecule has 2 aliphatic heterocycles. The third-order valence-electron chi connectivity index (χ3n) is 4.43. The van der Waals surface area contributed by atoms with Crippen molar-refractivity contribution in [3.05, 3.63) is 29.3 Å². The number of halogens is 2. The van der Waals surface area contributed by atoms with Gasteiger partial charge in [0.2, 0.25) is 0 Å². The molecule has 104 valence electrons. The molecule has 0 amide bonds. The predicted molar refractivity (Wildman–Crippen MR) is 72.3 cm³/mol. The van der Waals surface area contributed by atoms with Crippen molar-refractivity contribution in [2.24, 2.45) is 0 Å². The molecular formula is C15H20F2N2. The molecule has 2 heterocycles. The lowest BCUT2D eigenvalue weighted by Gasteiger charge is -2.35. The van der Waals surface area contributed by atoms with Crippen molar-refractivity contribution in [3.8, 4) is 0 Å². The van der Waals surface area contributed by atoms with Crippen LogP contribution in [0.25, 0.3) is 0 Å². The molecule has 2 fully saturated rings. The summed E-state index contributed by atoms with van der Waals surface area (Å²) < 4.78 is 27.3. The van der Waals surface area contributed by atoms with Crippen LogP contribution in [0.4, 0.5) is 14.5 Å². The lowest BCUT2D eigenvalue weighted by atomic mass is 9.97. The summed E-state index contributed by atoms with van der Waals surface area (Å²) in [7, 11) is 0. The maximum atomic E-state index is 13.8. The minimum Gasteiger partial charge on any atom is -0.380 e. The Labute approximate surface area is 112 Å². The van der Waals surface area contributed by atoms with E-state index in [1.54, 1.807) is 6.92 Å². The van der Waals surface area contributed by atoms with E-state index >= 15 is 0 Å². The molecule has 0 aliphatic carbocycles. The van der Waals surface area contributed by atoms with Crippen molar-refractivity contribution in [2.45, 2.75) is 44.7 Å². The van der Waals surface area contributed by atoms with Gasteiger partial charge in [-0.2, -0.15) is 0 Å². The van der Waals surface area contributed by atoms with Crippen LogP contribution >= 0.6 is 0 Å². The molecular weight excluding hydrogens is 246 g/mol. The van der Waals surface area contributed by atoms with Gasteiger partial charge in [0.15, 0.2) is 0 Å². The molecule has 0 saturated carbocycles. The molecule has 1 aromatic rings. The van der Waals surface area contributed by atoms with Crippen LogP contribution in [0.3, 0.4) is 0 Å². The SMILES string of the molecule is Cc1cc(F)c(NC2CCN3CCCC3C2)cc1F. The smallest absolute Gasteiger partial charge is 0.146 e. The molecule has 1 aromatic carbocycles. The van der Waals surface area contributed by atoms with E-state index in [4.69, 9.17) is 0 Å². The number of anilines is 1. The van der Waals surface area contributed by atoms with E-state index in [-0.39, 0.29) is 17.7 Å². The Morgan fingerprint density at radius 3 is 2.84 bits per heavy atom. The lowest BCUT2D eigenvalue weighted by molar-refractivity contribution is 0.188. The highest BCUT2D eigenvalue weighted by Gasteiger charge is 2.31. The summed E-state index contributed by atoms with van der Waals surface area (Å²) in [6, 6.07) is 3.44. The Balaban J connectivity index is 1.70. The van der Waals surface area contributed by atoms with Crippen LogP contribution < -0.4 is 5.32 Å². The summed E-state index contributed by atoms with van der Waals surface area (Å²) in [6.07, 6.45) is 4.55. The average Bonchev–Trinajstić information content (AvgIpc) is 2.83. The molecule has 2 aliphatic rings. The van der Waals surface area contributed by atoms with Gasteiger partial charge >= 0.3 is 0 Å². The van der Waals surface area contributed by atoms with Crippen molar-refractivity contribution in [2.75, 3.05) is 18.4 Å². The van der Waals surface area contributed by atoms with Crippen LogP contribution in [0.5, 0.6) is 0 Å². The van der Waals surface area contributed by atoms with Crippen LogP contribution in [0.1, 0.15) is 31.2 Å². The predicted octanol–water partition coefficient (Wildman–Crippen LogP) is 3.31. The van der Waals surface area contributed by atoms with E-state index in [1.807, 2.05) is 0 Å². The summed E-state index contributed by atoms with van der Waals surface area (Å²) in [5.74, 6) is -0.699. The topological polar surface area (TPSA) is 15.3 Å². The second-order valence-corrected chi connectivity index (χ2v) is 5.78. The van der Waals surface area contributed by atoms with Crippen LogP contribution in [0, 0.1) is 18.6 Å². The fraction of sp³-hybridized carbons (Fsp3) is 0.600. The van der Waals surface area contributed by atoms with E-state index in [0.29, 0.717) is 17.3 Å². The third-order valence-corrected chi connectivity index (χ3v) is 4.43. The van der Waals surface area contributed by atoms with Gasteiger partial charge in [-0.15, -0.1) is 0 Å². The van der Waals surface area contributed by atoms with Crippen molar-refractivity contribution in [1.29, 1.82) is 0 Å². The first kappa shape index (κ1) is 12.9. The number of benzene rings is 1. The van der Waals surface area contributed by atoms with Gasteiger partial charge in [-0.3, -0.25) is 0 Å². The number of hydrogen-bond donors (Lipinski definition) is 1. The normalized spacial score (nSPS) is 27.3. The van der Waals surface area contributed by atoms with Crippen LogP contribution in [-0.4, -0.2) is 30.1 Å². The zero-order valence-electron chi connectivity index (χ0n) is 11.3. The number of hydrogen-bond acceptors (Lipinski definition) is 2. The molecule has 19 heavy (non-hydrogen) atoms. The molecule has 1 N–H and O–H groups in total. The molecule has 2 atom stereocenters. The van der Waals surface area contributed by atoms with Gasteiger partial charge in [0.1, 0.15) is 11.6 Å². The molecule has 2 saturated heterocycles. The van der Waals surface area contributed by atoms with Crippen LogP contribution in [-0.2, 0) is 0 Å². The summed E-state index contributed by atoms with van der Waals surface area (Å²) >= 11 is 0. The molecule has 2 unspecified atom stereocenters. The molecule has 3 rings (SSSR count). The minimum atomic E-state index is -0.354. The summed E-state index contributed by atoms with van der Waals surface area (Å²) in [5.41, 5.74) is 0.660. The minimum absolute atomic E-state index is 0.260. The second kappa shape index (κ2) is 5.08. The first-order valence-corrected chi connectivity index (χ1v) is 7.09. The first-order chi connectivity index (χ1) is 9.13. The third kappa shape index (κ3) is 2.59. The summed E-state index contributed by atoms with van der Waals surface area (Å²) in [6.45, 7) is 3.85. The summed E-state index contributed by atoms with van der Waals surface area (Å²) in [4.78, 5) is 2.52. The van der Waals surface area contributed by atoms with Gasteiger partial charge in [0.25, 0.3) is 0 Å². The van der Waals surface area contributed by atoms with E-state index in [0.717, 1.165) is 19.4 Å². The zero-order chi connectivity index (χ0) is 13.4. The standard InChI is InChI=1S/C15H20F2N2/c1-10-7-14(17)15(9-13(10)16)18-11-4-6-19-5-2-3-12(19)8-11/h7,9,11-12,18H,2-6,8H2,1H3. The maximum Gasteiger partial charge on any atom is 0.146 e. The number of piperidine rings is 1. The fourth-order valence-corrected chi connectivity index (χ4v) is 3.33. The summed E-state index contributed by atoms with van der Waals surface area (Å²) in [5, 5.41) is 3.19. The highest BCUT2D eigenvalue weighted by molar-refractivity contribution is 5.47. The highest BCUT2D eigenvalue weighted by Crippen LogP contribution is 2.29. The second-order valence-electron chi connectivity index (χ2n) is 5.78. The molecule has 0 spiro atoms. The number of nitrogens with zero attached hydrogens (tertiary/aromatic N) is 1. The highest BCUT2D eigenvalue weighted by atomic mass is 19.1. The van der Waals surface area contributed by atoms with Crippen molar-refractivity contribution < 1.29 is 8.78 Å². The molecule has 2 nitrogen and oxygen atoms in total. The maximum absolute atomic E-state index is 13.8. The van der Waals surface area contributed by atoms with Crippen LogP contribution in [0.15, 0.2) is 12.1 Å². The van der Waals surface area contributed by atoms with Gasteiger partial charge in [0.05, 0.1) is 5.69 Å². The fourth-order valence-electron chi connectivity index (χ4n) is 3.33. The van der Waals surface area contributed by atoms with Gasteiger partial charge < -0.3 is 10.2 Å². The van der Waals surface area contributed by atoms with Crippen molar-refractivity contribution in [1.82, 2.24) is 4.90 Å². The number of aryl methyl sites for hydroxylation is 1. The average molecular weight is 266 g/mol. The van der Waals surface area contributed by atoms with Crippen LogP contribution in [0.2, 0.25) is 0 Å². The Kier molecular flexibility index (Phi) is 3.44. The largest absolute Gasteiger partial charge is 0.380 e. The quantitative estimate of drug-likeness (QED) is 0.883. The lowest BCUT2D eigenvalue weighted by Crippen LogP contribution is -2.42. The number of rotatable bonds is 2. The Bertz CT molecular complexity index is 475. The Hall–Kier alpha value is -1.16. The van der Waals surface area contributed by atoms with E-state index < -0.39 is 0 Å². The van der Waals surface area contributed by atoms with Crippen molar-refractivity contribution in [3.63, 3.8) is 0 Å². The van der Waals surface area contributed by atoms with E-state index in [2.05, 4.69) is 10.2 Å². The number of nitrogens with one attached hydrogen (secondary N) is 1. The Morgan fingerprint density at radius 2 is 2.00 bits per heavy atom. The monoisotopic (exact) mass is 266 g/mol. The van der Waals surface area contributed by atoms with Gasteiger partial charge in [0, 0.05) is 24.7 Å². The van der Waals surface area contributed by atoms with Gasteiger partial charge in [-0.05, 0) is 50.8 Å². The zero-order valence-corrected chi connectivity index (χ0v) is 11.3. The van der Waals surface area contributed by atoms with E-state index in [9.17, 15) is 8.78 Å². The molecule has 0 radical (unpaired) electrons. The molecule has 0 aromatic heterocycles. The van der Waals surface area contributed by atoms with Gasteiger partial charge in [-0.25, -0.2) is 8.78 Å². The molecule has 4 heteroatoms. The van der Waals surface area contributed by atoms with E-state index in [1.165, 1.54) is 31.5 Å². The molecule has 0 bridgehead atoms. The first-order valence-electron chi connectivity index (χ1n) is 7.09. The van der Waals surface area contributed by atoms with Gasteiger partial charge in [-0.1, -0.05) is 0 Å².